The molecule has 10 nitrogen and oxygen atoms in total. The van der Waals surface area contributed by atoms with Gasteiger partial charge in [-0.15, -0.1) is 0 Å². The van der Waals surface area contributed by atoms with Crippen LogP contribution in [0, 0.1) is 0 Å². The summed E-state index contributed by atoms with van der Waals surface area (Å²) in [5.41, 5.74) is 0. The summed E-state index contributed by atoms with van der Waals surface area (Å²) in [5.74, 6) is -0.402. The van der Waals surface area contributed by atoms with Gasteiger partial charge in [-0.05, 0) is 0 Å². The van der Waals surface area contributed by atoms with E-state index in [0.29, 0.717) is 99.1 Å². The van der Waals surface area contributed by atoms with E-state index in [2.05, 4.69) is 20.7 Å². The van der Waals surface area contributed by atoms with Crippen LogP contribution in [-0.2, 0) is 47.4 Å². The number of carbonyl (C=O) groups excluding carboxylic acids is 1. The van der Waals surface area contributed by atoms with Crippen molar-refractivity contribution >= 4 is 21.9 Å². The number of hydrogen-bond donors (Lipinski definition) is 0. The molecule has 0 fully saturated rings. The lowest BCUT2D eigenvalue weighted by Crippen LogP contribution is -2.16. The summed E-state index contributed by atoms with van der Waals surface area (Å²) < 4.78 is 46.9. The van der Waals surface area contributed by atoms with Gasteiger partial charge in [0, 0.05) is 5.33 Å². The first-order valence-corrected chi connectivity index (χ1v) is 11.2. The van der Waals surface area contributed by atoms with Crippen LogP contribution in [0.15, 0.2) is 0 Å². The molecule has 0 spiro atoms. The summed E-state index contributed by atoms with van der Waals surface area (Å²) in [7, 11) is 1.32. The SMILES string of the molecule is COC(=O)COCCOCCOCCOCCOCCOCCOCCOCCBr. The molecule has 11 heteroatoms. The molecule has 0 aliphatic heterocycles. The molecular weight excluding hydrogens is 468 g/mol. The second kappa shape index (κ2) is 26.7. The number of esters is 1. The molecule has 0 saturated heterocycles. The second-order valence-electron chi connectivity index (χ2n) is 5.60. The van der Waals surface area contributed by atoms with Gasteiger partial charge in [-0.2, -0.15) is 0 Å². The van der Waals surface area contributed by atoms with E-state index < -0.39 is 5.97 Å². The molecule has 0 bridgehead atoms. The van der Waals surface area contributed by atoms with Gasteiger partial charge in [0.1, 0.15) is 6.61 Å². The predicted molar refractivity (Wildman–Crippen MR) is 112 cm³/mol. The maximum atomic E-state index is 10.8. The molecule has 0 aromatic rings. The first-order valence-electron chi connectivity index (χ1n) is 10.1. The maximum absolute atomic E-state index is 10.8. The molecule has 0 heterocycles. The van der Waals surface area contributed by atoms with Gasteiger partial charge in [-0.1, -0.05) is 15.9 Å². The monoisotopic (exact) mass is 504 g/mol. The summed E-state index contributed by atoms with van der Waals surface area (Å²) in [6, 6.07) is 0. The minimum Gasteiger partial charge on any atom is -0.467 e. The Morgan fingerprint density at radius 2 is 0.767 bits per heavy atom. The summed E-state index contributed by atoms with van der Waals surface area (Å²) in [6.45, 7) is 7.64. The molecule has 180 valence electrons. The van der Waals surface area contributed by atoms with Crippen molar-refractivity contribution in [3.05, 3.63) is 0 Å². The van der Waals surface area contributed by atoms with Crippen LogP contribution < -0.4 is 0 Å². The van der Waals surface area contributed by atoms with Crippen molar-refractivity contribution in [3.63, 3.8) is 0 Å². The molecule has 0 N–H and O–H groups in total. The van der Waals surface area contributed by atoms with Crippen LogP contribution in [0.2, 0.25) is 0 Å². The Kier molecular flexibility index (Phi) is 26.3. The predicted octanol–water partition coefficient (Wildman–Crippen LogP) is 0.687. The Hall–Kier alpha value is -0.370. The van der Waals surface area contributed by atoms with Crippen molar-refractivity contribution in [1.29, 1.82) is 0 Å². The number of rotatable bonds is 25. The van der Waals surface area contributed by atoms with E-state index in [0.717, 1.165) is 5.33 Å². The first-order chi connectivity index (χ1) is 14.8. The summed E-state index contributed by atoms with van der Waals surface area (Å²) in [5, 5.41) is 0.837. The van der Waals surface area contributed by atoms with Crippen molar-refractivity contribution in [2.45, 2.75) is 0 Å². The zero-order valence-corrected chi connectivity index (χ0v) is 19.6. The molecule has 0 radical (unpaired) electrons. The largest absolute Gasteiger partial charge is 0.467 e. The summed E-state index contributed by atoms with van der Waals surface area (Å²) in [4.78, 5) is 10.8. The number of ether oxygens (including phenoxy) is 9. The lowest BCUT2D eigenvalue weighted by atomic mass is 10.6. The van der Waals surface area contributed by atoms with Gasteiger partial charge in [0.25, 0.3) is 0 Å². The fraction of sp³-hybridized carbons (Fsp3) is 0.947. The van der Waals surface area contributed by atoms with Gasteiger partial charge < -0.3 is 42.6 Å². The number of alkyl halides is 1. The number of carbonyl (C=O) groups is 1. The highest BCUT2D eigenvalue weighted by Gasteiger charge is 1.99. The highest BCUT2D eigenvalue weighted by Crippen LogP contribution is 1.86. The molecule has 0 aromatic carbocycles. The number of halogens is 1. The maximum Gasteiger partial charge on any atom is 0.331 e. The van der Waals surface area contributed by atoms with Gasteiger partial charge in [0.05, 0.1) is 106 Å². The van der Waals surface area contributed by atoms with Crippen LogP contribution in [0.1, 0.15) is 0 Å². The van der Waals surface area contributed by atoms with Crippen molar-refractivity contribution in [2.75, 3.05) is 118 Å². The van der Waals surface area contributed by atoms with Crippen LogP contribution in [0.3, 0.4) is 0 Å². The smallest absolute Gasteiger partial charge is 0.331 e. The number of methoxy groups -OCH3 is 1. The fourth-order valence-electron chi connectivity index (χ4n) is 1.81. The first kappa shape index (κ1) is 29.6. The minimum atomic E-state index is -0.402. The molecule has 0 saturated carbocycles. The van der Waals surface area contributed by atoms with E-state index in [1.165, 1.54) is 7.11 Å². The van der Waals surface area contributed by atoms with Crippen LogP contribution in [0.5, 0.6) is 0 Å². The normalized spacial score (nSPS) is 11.1. The van der Waals surface area contributed by atoms with Gasteiger partial charge in [-0.3, -0.25) is 0 Å². The average Bonchev–Trinajstić information content (AvgIpc) is 2.76. The number of hydrogen-bond acceptors (Lipinski definition) is 10. The van der Waals surface area contributed by atoms with Crippen molar-refractivity contribution in [1.82, 2.24) is 0 Å². The third-order valence-electron chi connectivity index (χ3n) is 3.27. The second-order valence-corrected chi connectivity index (χ2v) is 6.40. The van der Waals surface area contributed by atoms with Crippen molar-refractivity contribution in [3.8, 4) is 0 Å². The Morgan fingerprint density at radius 3 is 1.03 bits per heavy atom. The molecule has 0 amide bonds. The zero-order valence-electron chi connectivity index (χ0n) is 18.0. The molecule has 0 atom stereocenters. The third-order valence-corrected chi connectivity index (χ3v) is 3.60. The summed E-state index contributed by atoms with van der Waals surface area (Å²) >= 11 is 3.29. The Morgan fingerprint density at radius 1 is 0.500 bits per heavy atom. The Labute approximate surface area is 187 Å². The molecule has 0 aliphatic carbocycles. The molecule has 0 aliphatic rings. The van der Waals surface area contributed by atoms with E-state index in [-0.39, 0.29) is 6.61 Å². The highest BCUT2D eigenvalue weighted by atomic mass is 79.9. The van der Waals surface area contributed by atoms with Crippen molar-refractivity contribution < 1.29 is 47.4 Å². The van der Waals surface area contributed by atoms with E-state index >= 15 is 0 Å². The van der Waals surface area contributed by atoms with Crippen molar-refractivity contribution in [2.24, 2.45) is 0 Å². The van der Waals surface area contributed by atoms with Crippen LogP contribution in [0.25, 0.3) is 0 Å². The van der Waals surface area contributed by atoms with E-state index in [1.54, 1.807) is 0 Å². The third kappa shape index (κ3) is 25.7. The molecule has 0 rings (SSSR count). The topological polar surface area (TPSA) is 100 Å². The van der Waals surface area contributed by atoms with Crippen LogP contribution >= 0.6 is 15.9 Å². The van der Waals surface area contributed by atoms with Gasteiger partial charge >= 0.3 is 5.97 Å². The molecular formula is C19H37BrO10. The van der Waals surface area contributed by atoms with Crippen LogP contribution in [0.4, 0.5) is 0 Å². The quantitative estimate of drug-likeness (QED) is 0.100. The Balaban J connectivity index is 3.01. The van der Waals surface area contributed by atoms with Gasteiger partial charge in [0.2, 0.25) is 0 Å². The minimum absolute atomic E-state index is 0.0618. The van der Waals surface area contributed by atoms with Gasteiger partial charge in [0.15, 0.2) is 0 Å². The molecule has 0 unspecified atom stereocenters. The van der Waals surface area contributed by atoms with Gasteiger partial charge in [-0.25, -0.2) is 4.79 Å². The summed E-state index contributed by atoms with van der Waals surface area (Å²) in [6.07, 6.45) is 0. The lowest BCUT2D eigenvalue weighted by molar-refractivity contribution is -0.146. The van der Waals surface area contributed by atoms with Crippen LogP contribution in [-0.4, -0.2) is 124 Å². The average molecular weight is 505 g/mol. The van der Waals surface area contributed by atoms with E-state index in [4.69, 9.17) is 37.9 Å². The standard InChI is InChI=1S/C19H37BrO10/c1-22-19(21)18-30-17-16-29-15-14-28-13-12-27-11-10-26-9-8-25-7-6-24-5-4-23-3-2-20/h2-18H2,1H3. The van der Waals surface area contributed by atoms with E-state index in [9.17, 15) is 4.79 Å². The zero-order chi connectivity index (χ0) is 22.0. The lowest BCUT2D eigenvalue weighted by Gasteiger charge is -2.08. The highest BCUT2D eigenvalue weighted by molar-refractivity contribution is 9.09. The van der Waals surface area contributed by atoms with E-state index in [1.807, 2.05) is 0 Å². The Bertz CT molecular complexity index is 349. The molecule has 30 heavy (non-hydrogen) atoms. The fourth-order valence-corrected chi connectivity index (χ4v) is 2.04. The molecule has 0 aromatic heterocycles.